The van der Waals surface area contributed by atoms with Gasteiger partial charge in [0.25, 0.3) is 5.95 Å². The van der Waals surface area contributed by atoms with Crippen molar-refractivity contribution < 1.29 is 9.53 Å². The van der Waals surface area contributed by atoms with E-state index in [1.807, 2.05) is 69.5 Å². The van der Waals surface area contributed by atoms with Crippen LogP contribution in [0.4, 0.5) is 5.95 Å². The van der Waals surface area contributed by atoms with Crippen LogP contribution in [-0.4, -0.2) is 48.4 Å². The van der Waals surface area contributed by atoms with E-state index in [4.69, 9.17) is 4.74 Å². The number of hydrogen-bond donors (Lipinski definition) is 1. The molecule has 0 saturated heterocycles. The van der Waals surface area contributed by atoms with Gasteiger partial charge in [0.05, 0.1) is 23.1 Å². The van der Waals surface area contributed by atoms with Gasteiger partial charge in [-0.3, -0.25) is 10.1 Å². The first-order valence-electron chi connectivity index (χ1n) is 11.6. The lowest BCUT2D eigenvalue weighted by Crippen LogP contribution is -2.19. The van der Waals surface area contributed by atoms with Gasteiger partial charge in [-0.15, -0.1) is 0 Å². The monoisotopic (exact) mass is 461 g/mol. The summed E-state index contributed by atoms with van der Waals surface area (Å²) in [4.78, 5) is 26.8. The average Bonchev–Trinajstić information content (AvgIpc) is 3.27. The normalized spacial score (nSPS) is 11.3. The van der Waals surface area contributed by atoms with Gasteiger partial charge >= 0.3 is 0 Å². The average molecular weight is 462 g/mol. The maximum atomic E-state index is 13.1. The number of nitrogens with one attached hydrogen (secondary N) is 1. The van der Waals surface area contributed by atoms with Crippen LogP contribution in [0.15, 0.2) is 30.3 Å². The number of ether oxygens (including phenoxy) is 1. The molecule has 0 spiro atoms. The van der Waals surface area contributed by atoms with Gasteiger partial charge in [0.1, 0.15) is 0 Å². The minimum Gasteiger partial charge on any atom is -0.382 e. The molecule has 4 aromatic rings. The molecule has 0 atom stereocenters. The number of amides is 1. The van der Waals surface area contributed by atoms with Crippen molar-refractivity contribution in [2.24, 2.45) is 0 Å². The topological polar surface area (TPSA) is 99.8 Å². The first-order chi connectivity index (χ1) is 16.4. The number of anilines is 1. The number of hydrogen-bond acceptors (Lipinski definition) is 6. The number of aryl methyl sites for hydroxylation is 4. The second kappa shape index (κ2) is 10.1. The third-order valence-corrected chi connectivity index (χ3v) is 5.72. The fourth-order valence-electron chi connectivity index (χ4n) is 4.12. The van der Waals surface area contributed by atoms with E-state index in [2.05, 4.69) is 25.4 Å². The number of rotatable bonds is 9. The van der Waals surface area contributed by atoms with E-state index >= 15 is 0 Å². The molecule has 0 unspecified atom stereocenters. The maximum absolute atomic E-state index is 13.1. The first-order valence-corrected chi connectivity index (χ1v) is 11.6. The molecule has 0 bridgehead atoms. The number of imidazole rings is 1. The molecule has 0 aliphatic heterocycles. The highest BCUT2D eigenvalue weighted by Crippen LogP contribution is 2.22. The number of para-hydroxylation sites is 2. The molecular formula is C25H31N7O2. The summed E-state index contributed by atoms with van der Waals surface area (Å²) in [6.45, 7) is 11.7. The Kier molecular flexibility index (Phi) is 7.02. The van der Waals surface area contributed by atoms with Gasteiger partial charge in [-0.1, -0.05) is 12.1 Å². The summed E-state index contributed by atoms with van der Waals surface area (Å²) in [6, 6.07) is 9.81. The van der Waals surface area contributed by atoms with E-state index in [9.17, 15) is 4.79 Å². The Balaban J connectivity index is 1.56. The smallest absolute Gasteiger partial charge is 0.251 e. The second-order valence-corrected chi connectivity index (χ2v) is 8.36. The Bertz CT molecular complexity index is 1300. The molecule has 0 saturated carbocycles. The van der Waals surface area contributed by atoms with Crippen LogP contribution in [0, 0.1) is 27.7 Å². The number of nitrogens with zero attached hydrogens (tertiary/aromatic N) is 6. The van der Waals surface area contributed by atoms with Crippen LogP contribution >= 0.6 is 0 Å². The zero-order valence-electron chi connectivity index (χ0n) is 20.4. The summed E-state index contributed by atoms with van der Waals surface area (Å²) in [5.41, 5.74) is 6.07. The summed E-state index contributed by atoms with van der Waals surface area (Å²) in [6.07, 6.45) is 1.02. The molecule has 0 fully saturated rings. The minimum atomic E-state index is -0.145. The minimum absolute atomic E-state index is 0.145. The summed E-state index contributed by atoms with van der Waals surface area (Å²) in [5.74, 6) is 0.914. The Morgan fingerprint density at radius 2 is 1.79 bits per heavy atom. The van der Waals surface area contributed by atoms with Crippen LogP contribution in [0.5, 0.6) is 0 Å². The van der Waals surface area contributed by atoms with Gasteiger partial charge in [-0.25, -0.2) is 19.6 Å². The van der Waals surface area contributed by atoms with E-state index in [0.29, 0.717) is 31.7 Å². The first kappa shape index (κ1) is 23.6. The standard InChI is InChI=1S/C25H31N7O2/c1-6-34-13-9-12-31-22-11-8-7-10-21(22)28-24(31)29-23(33)15-20-18(4)30-32(19(20)5)25-26-16(2)14-17(3)27-25/h7-8,10-11,14H,6,9,12-13,15H2,1-5H3,(H,28,29,33). The van der Waals surface area contributed by atoms with Gasteiger partial charge in [0.15, 0.2) is 0 Å². The molecule has 1 aromatic carbocycles. The fraction of sp³-hybridized carbons (Fsp3) is 0.400. The largest absolute Gasteiger partial charge is 0.382 e. The van der Waals surface area contributed by atoms with Crippen LogP contribution in [0.1, 0.15) is 41.7 Å². The Morgan fingerprint density at radius 3 is 2.53 bits per heavy atom. The second-order valence-electron chi connectivity index (χ2n) is 8.36. The third-order valence-electron chi connectivity index (χ3n) is 5.72. The van der Waals surface area contributed by atoms with Gasteiger partial charge in [0, 0.05) is 42.4 Å². The van der Waals surface area contributed by atoms with Crippen LogP contribution in [0.3, 0.4) is 0 Å². The predicted molar refractivity (Wildman–Crippen MR) is 131 cm³/mol. The fourth-order valence-corrected chi connectivity index (χ4v) is 4.12. The highest BCUT2D eigenvalue weighted by atomic mass is 16.5. The van der Waals surface area contributed by atoms with Crippen molar-refractivity contribution in [1.82, 2.24) is 29.3 Å². The van der Waals surface area contributed by atoms with Gasteiger partial charge in [-0.2, -0.15) is 5.10 Å². The van der Waals surface area contributed by atoms with Crippen molar-refractivity contribution in [1.29, 1.82) is 0 Å². The predicted octanol–water partition coefficient (Wildman–Crippen LogP) is 3.85. The molecule has 0 aliphatic carbocycles. The molecule has 0 aliphatic rings. The number of aromatic nitrogens is 6. The van der Waals surface area contributed by atoms with Crippen LogP contribution < -0.4 is 5.32 Å². The van der Waals surface area contributed by atoms with E-state index < -0.39 is 0 Å². The quantitative estimate of drug-likeness (QED) is 0.380. The molecule has 1 N–H and O–H groups in total. The number of benzene rings is 1. The lowest BCUT2D eigenvalue weighted by atomic mass is 10.1. The maximum Gasteiger partial charge on any atom is 0.251 e. The number of fused-ring (bicyclic) bond motifs is 1. The van der Waals surface area contributed by atoms with Crippen molar-refractivity contribution in [3.8, 4) is 5.95 Å². The molecule has 3 heterocycles. The van der Waals surface area contributed by atoms with E-state index in [0.717, 1.165) is 45.8 Å². The van der Waals surface area contributed by atoms with Crippen molar-refractivity contribution in [3.05, 3.63) is 58.7 Å². The Hall–Kier alpha value is -3.59. The van der Waals surface area contributed by atoms with E-state index in [1.165, 1.54) is 0 Å². The molecular weight excluding hydrogens is 430 g/mol. The third kappa shape index (κ3) is 4.99. The van der Waals surface area contributed by atoms with Crippen molar-refractivity contribution in [2.75, 3.05) is 18.5 Å². The zero-order chi connectivity index (χ0) is 24.2. The highest BCUT2D eigenvalue weighted by molar-refractivity contribution is 5.93. The van der Waals surface area contributed by atoms with E-state index in [-0.39, 0.29) is 12.3 Å². The zero-order valence-corrected chi connectivity index (χ0v) is 20.4. The summed E-state index contributed by atoms with van der Waals surface area (Å²) >= 11 is 0. The van der Waals surface area contributed by atoms with Crippen LogP contribution in [0.25, 0.3) is 17.0 Å². The van der Waals surface area contributed by atoms with Crippen LogP contribution in [0.2, 0.25) is 0 Å². The Morgan fingerprint density at radius 1 is 1.06 bits per heavy atom. The van der Waals surface area contributed by atoms with E-state index in [1.54, 1.807) is 4.68 Å². The number of carbonyl (C=O) groups is 1. The Labute approximate surface area is 199 Å². The molecule has 3 aromatic heterocycles. The summed E-state index contributed by atoms with van der Waals surface area (Å²) < 4.78 is 9.23. The van der Waals surface area contributed by atoms with Gasteiger partial charge < -0.3 is 9.30 Å². The summed E-state index contributed by atoms with van der Waals surface area (Å²) in [5, 5.41) is 7.62. The van der Waals surface area contributed by atoms with Gasteiger partial charge in [0.2, 0.25) is 11.9 Å². The van der Waals surface area contributed by atoms with Crippen molar-refractivity contribution in [2.45, 2.75) is 54.0 Å². The molecule has 9 heteroatoms. The molecule has 1 amide bonds. The SMILES string of the molecule is CCOCCCn1c(NC(=O)Cc2c(C)nn(-c3nc(C)cc(C)n3)c2C)nc2ccccc21. The molecule has 0 radical (unpaired) electrons. The van der Waals surface area contributed by atoms with Crippen molar-refractivity contribution >= 4 is 22.9 Å². The van der Waals surface area contributed by atoms with Crippen molar-refractivity contribution in [3.63, 3.8) is 0 Å². The molecule has 9 nitrogen and oxygen atoms in total. The lowest BCUT2D eigenvalue weighted by Gasteiger charge is -2.10. The number of carbonyl (C=O) groups excluding carboxylic acids is 1. The lowest BCUT2D eigenvalue weighted by molar-refractivity contribution is -0.115. The highest BCUT2D eigenvalue weighted by Gasteiger charge is 2.19. The van der Waals surface area contributed by atoms with Crippen LogP contribution in [-0.2, 0) is 22.5 Å². The van der Waals surface area contributed by atoms with Gasteiger partial charge in [-0.05, 0) is 59.2 Å². The molecule has 178 valence electrons. The molecule has 34 heavy (non-hydrogen) atoms. The summed E-state index contributed by atoms with van der Waals surface area (Å²) in [7, 11) is 0. The molecule has 4 rings (SSSR count).